The molecule has 1 saturated carbocycles. The van der Waals surface area contributed by atoms with Gasteiger partial charge in [0.1, 0.15) is 11.6 Å². The first-order valence-corrected chi connectivity index (χ1v) is 7.70. The van der Waals surface area contributed by atoms with Gasteiger partial charge in [-0.1, -0.05) is 27.2 Å². The first-order chi connectivity index (χ1) is 8.60. The molecule has 0 aromatic carbocycles. The van der Waals surface area contributed by atoms with Crippen LogP contribution in [0.25, 0.3) is 0 Å². The lowest BCUT2D eigenvalue weighted by Crippen LogP contribution is -2.13. The normalized spacial score (nSPS) is 16.7. The molecule has 18 heavy (non-hydrogen) atoms. The van der Waals surface area contributed by atoms with E-state index in [1.54, 1.807) is 0 Å². The highest BCUT2D eigenvalue weighted by atomic mass is 79.9. The number of aryl methyl sites for hydroxylation is 1. The molecule has 0 amide bonds. The molecular weight excluding hydrogens is 290 g/mol. The molecule has 1 N–H and O–H groups in total. The first-order valence-electron chi connectivity index (χ1n) is 6.91. The van der Waals surface area contributed by atoms with E-state index in [2.05, 4.69) is 42.0 Å². The standard InChI is InChI=1S/C14H22BrN3/c1-4-6-10-11(15)12(16-9-5-2)18-13(17-10)14(3)7-8-14/h4-9H2,1-3H3,(H,16,17,18). The number of hydrogen-bond donors (Lipinski definition) is 1. The molecule has 4 heteroatoms. The number of hydrogen-bond acceptors (Lipinski definition) is 3. The minimum Gasteiger partial charge on any atom is -0.369 e. The summed E-state index contributed by atoms with van der Waals surface area (Å²) in [5.74, 6) is 1.99. The molecule has 0 atom stereocenters. The van der Waals surface area contributed by atoms with E-state index in [0.717, 1.165) is 47.6 Å². The van der Waals surface area contributed by atoms with Crippen LogP contribution >= 0.6 is 15.9 Å². The third-order valence-electron chi connectivity index (χ3n) is 3.49. The van der Waals surface area contributed by atoms with Crippen LogP contribution in [0.4, 0.5) is 5.82 Å². The quantitative estimate of drug-likeness (QED) is 0.860. The van der Waals surface area contributed by atoms with E-state index in [-0.39, 0.29) is 5.41 Å². The van der Waals surface area contributed by atoms with E-state index in [1.165, 1.54) is 12.8 Å². The van der Waals surface area contributed by atoms with Crippen molar-refractivity contribution >= 4 is 21.7 Å². The maximum absolute atomic E-state index is 4.77. The van der Waals surface area contributed by atoms with Gasteiger partial charge in [0.05, 0.1) is 10.2 Å². The van der Waals surface area contributed by atoms with Crippen molar-refractivity contribution in [3.63, 3.8) is 0 Å². The van der Waals surface area contributed by atoms with Crippen LogP contribution in [0.1, 0.15) is 58.0 Å². The molecule has 0 bridgehead atoms. The average molecular weight is 312 g/mol. The summed E-state index contributed by atoms with van der Waals surface area (Å²) >= 11 is 3.65. The average Bonchev–Trinajstić information content (AvgIpc) is 3.10. The highest BCUT2D eigenvalue weighted by Crippen LogP contribution is 2.46. The van der Waals surface area contributed by atoms with Gasteiger partial charge in [0.15, 0.2) is 0 Å². The zero-order valence-electron chi connectivity index (χ0n) is 11.5. The van der Waals surface area contributed by atoms with E-state index < -0.39 is 0 Å². The summed E-state index contributed by atoms with van der Waals surface area (Å²) < 4.78 is 1.05. The fourth-order valence-electron chi connectivity index (χ4n) is 1.94. The fourth-order valence-corrected chi connectivity index (χ4v) is 2.45. The summed E-state index contributed by atoms with van der Waals surface area (Å²) in [6.45, 7) is 7.57. The van der Waals surface area contributed by atoms with Crippen molar-refractivity contribution in [2.24, 2.45) is 0 Å². The topological polar surface area (TPSA) is 37.8 Å². The Kier molecular flexibility index (Phi) is 4.25. The molecule has 1 aromatic rings. The number of nitrogens with zero attached hydrogens (tertiary/aromatic N) is 2. The van der Waals surface area contributed by atoms with E-state index >= 15 is 0 Å². The predicted octanol–water partition coefficient (Wildman–Crippen LogP) is 4.07. The van der Waals surface area contributed by atoms with Crippen LogP contribution in [0.15, 0.2) is 4.47 Å². The molecule has 2 rings (SSSR count). The number of rotatable bonds is 6. The number of nitrogens with one attached hydrogen (secondary N) is 1. The van der Waals surface area contributed by atoms with Crippen LogP contribution in [-0.2, 0) is 11.8 Å². The van der Waals surface area contributed by atoms with Crippen LogP contribution in [0.3, 0.4) is 0 Å². The van der Waals surface area contributed by atoms with Gasteiger partial charge in [-0.3, -0.25) is 0 Å². The van der Waals surface area contributed by atoms with Crippen LogP contribution in [0, 0.1) is 0 Å². The molecule has 1 fully saturated rings. The second-order valence-corrected chi connectivity index (χ2v) is 6.19. The Morgan fingerprint density at radius 3 is 2.50 bits per heavy atom. The second-order valence-electron chi connectivity index (χ2n) is 5.39. The molecule has 1 aliphatic rings. The summed E-state index contributed by atoms with van der Waals surface area (Å²) in [7, 11) is 0. The summed E-state index contributed by atoms with van der Waals surface area (Å²) in [4.78, 5) is 9.48. The van der Waals surface area contributed by atoms with Gasteiger partial charge in [-0.15, -0.1) is 0 Å². The molecule has 0 spiro atoms. The van der Waals surface area contributed by atoms with E-state index in [0.29, 0.717) is 0 Å². The lowest BCUT2D eigenvalue weighted by Gasteiger charge is -2.15. The highest BCUT2D eigenvalue weighted by molar-refractivity contribution is 9.10. The van der Waals surface area contributed by atoms with Gasteiger partial charge in [0, 0.05) is 12.0 Å². The Morgan fingerprint density at radius 2 is 1.94 bits per heavy atom. The Bertz CT molecular complexity index is 427. The van der Waals surface area contributed by atoms with Gasteiger partial charge in [-0.2, -0.15) is 0 Å². The minimum atomic E-state index is 0.228. The third-order valence-corrected chi connectivity index (χ3v) is 4.32. The summed E-state index contributed by atoms with van der Waals surface area (Å²) in [6.07, 6.45) is 5.65. The van der Waals surface area contributed by atoms with Gasteiger partial charge in [0.25, 0.3) is 0 Å². The van der Waals surface area contributed by atoms with Crippen molar-refractivity contribution in [3.05, 3.63) is 16.0 Å². The smallest absolute Gasteiger partial charge is 0.144 e. The summed E-state index contributed by atoms with van der Waals surface area (Å²) in [6, 6.07) is 0. The predicted molar refractivity (Wildman–Crippen MR) is 79.1 cm³/mol. The van der Waals surface area contributed by atoms with Crippen LogP contribution in [0.5, 0.6) is 0 Å². The molecule has 100 valence electrons. The maximum Gasteiger partial charge on any atom is 0.144 e. The Balaban J connectivity index is 2.34. The molecule has 1 aromatic heterocycles. The number of aromatic nitrogens is 2. The van der Waals surface area contributed by atoms with Crippen molar-refractivity contribution < 1.29 is 0 Å². The molecule has 1 heterocycles. The largest absolute Gasteiger partial charge is 0.369 e. The van der Waals surface area contributed by atoms with Crippen molar-refractivity contribution in [2.45, 2.75) is 58.3 Å². The maximum atomic E-state index is 4.77. The SMILES string of the molecule is CCCNc1nc(C2(C)CC2)nc(CCC)c1Br. The van der Waals surface area contributed by atoms with E-state index in [4.69, 9.17) is 9.97 Å². The molecule has 0 unspecified atom stereocenters. The second kappa shape index (κ2) is 5.55. The molecule has 0 saturated heterocycles. The van der Waals surface area contributed by atoms with E-state index in [1.807, 2.05) is 0 Å². The van der Waals surface area contributed by atoms with Crippen LogP contribution < -0.4 is 5.32 Å². The van der Waals surface area contributed by atoms with Gasteiger partial charge in [-0.05, 0) is 41.6 Å². The Labute approximate surface area is 118 Å². The Morgan fingerprint density at radius 1 is 1.22 bits per heavy atom. The van der Waals surface area contributed by atoms with Gasteiger partial charge >= 0.3 is 0 Å². The lowest BCUT2D eigenvalue weighted by atomic mass is 10.1. The zero-order chi connectivity index (χ0) is 13.2. The molecule has 0 radical (unpaired) electrons. The monoisotopic (exact) mass is 311 g/mol. The molecule has 3 nitrogen and oxygen atoms in total. The first kappa shape index (κ1) is 13.8. The molecular formula is C14H22BrN3. The zero-order valence-corrected chi connectivity index (χ0v) is 13.1. The summed E-state index contributed by atoms with van der Waals surface area (Å²) in [5.41, 5.74) is 1.38. The number of halogens is 1. The van der Waals surface area contributed by atoms with Gasteiger partial charge in [-0.25, -0.2) is 9.97 Å². The molecule has 0 aliphatic heterocycles. The van der Waals surface area contributed by atoms with Crippen molar-refractivity contribution in [1.29, 1.82) is 0 Å². The Hall–Kier alpha value is -0.640. The lowest BCUT2D eigenvalue weighted by molar-refractivity contribution is 0.691. The fraction of sp³-hybridized carbons (Fsp3) is 0.714. The van der Waals surface area contributed by atoms with Crippen LogP contribution in [-0.4, -0.2) is 16.5 Å². The number of anilines is 1. The van der Waals surface area contributed by atoms with Crippen molar-refractivity contribution in [3.8, 4) is 0 Å². The highest BCUT2D eigenvalue weighted by Gasteiger charge is 2.42. The van der Waals surface area contributed by atoms with Crippen LogP contribution in [0.2, 0.25) is 0 Å². The third kappa shape index (κ3) is 2.85. The van der Waals surface area contributed by atoms with Gasteiger partial charge in [0.2, 0.25) is 0 Å². The minimum absolute atomic E-state index is 0.228. The van der Waals surface area contributed by atoms with Crippen molar-refractivity contribution in [2.75, 3.05) is 11.9 Å². The van der Waals surface area contributed by atoms with Crippen molar-refractivity contribution in [1.82, 2.24) is 9.97 Å². The van der Waals surface area contributed by atoms with E-state index in [9.17, 15) is 0 Å². The summed E-state index contributed by atoms with van der Waals surface area (Å²) in [5, 5.41) is 3.40. The molecule has 1 aliphatic carbocycles. The van der Waals surface area contributed by atoms with Gasteiger partial charge < -0.3 is 5.32 Å².